The molecule has 1 aliphatic carbocycles. The van der Waals surface area contributed by atoms with E-state index in [0.717, 1.165) is 28.6 Å². The summed E-state index contributed by atoms with van der Waals surface area (Å²) in [7, 11) is 0. The molecule has 3 aromatic rings. The van der Waals surface area contributed by atoms with Crippen molar-refractivity contribution in [3.05, 3.63) is 72.6 Å². The highest BCUT2D eigenvalue weighted by Crippen LogP contribution is 2.25. The number of para-hydroxylation sites is 1. The highest BCUT2D eigenvalue weighted by Gasteiger charge is 2.21. The number of carbonyl (C=O) groups excluding carboxylic acids is 1. The largest absolute Gasteiger partial charge is 0.396 e. The van der Waals surface area contributed by atoms with Gasteiger partial charge in [-0.1, -0.05) is 30.4 Å². The fourth-order valence-electron chi connectivity index (χ4n) is 3.30. The minimum atomic E-state index is -0.132. The summed E-state index contributed by atoms with van der Waals surface area (Å²) in [6.07, 6.45) is 8.06. The summed E-state index contributed by atoms with van der Waals surface area (Å²) in [4.78, 5) is 21.7. The third kappa shape index (κ3) is 3.21. The summed E-state index contributed by atoms with van der Waals surface area (Å²) in [6, 6.07) is 13.2. The highest BCUT2D eigenvalue weighted by atomic mass is 16.3. The molecule has 0 saturated heterocycles. The molecular formula is C21H19N3O2. The molecule has 0 aliphatic heterocycles. The fourth-order valence-corrected chi connectivity index (χ4v) is 3.30. The second kappa shape index (κ2) is 7.06. The van der Waals surface area contributed by atoms with Gasteiger partial charge in [0.1, 0.15) is 0 Å². The molecule has 5 nitrogen and oxygen atoms in total. The normalized spacial score (nSPS) is 19.0. The Balaban J connectivity index is 1.71. The van der Waals surface area contributed by atoms with Crippen LogP contribution in [-0.4, -0.2) is 33.6 Å². The van der Waals surface area contributed by atoms with Gasteiger partial charge in [0.15, 0.2) is 0 Å². The summed E-state index contributed by atoms with van der Waals surface area (Å²) >= 11 is 0. The molecule has 0 fully saturated rings. The number of hydrogen-bond donors (Lipinski definition) is 2. The first-order chi connectivity index (χ1) is 12.7. The number of nitrogens with one attached hydrogen (secondary N) is 1. The quantitative estimate of drug-likeness (QED) is 0.713. The van der Waals surface area contributed by atoms with E-state index in [2.05, 4.69) is 10.3 Å². The van der Waals surface area contributed by atoms with E-state index >= 15 is 0 Å². The van der Waals surface area contributed by atoms with E-state index in [0.29, 0.717) is 5.56 Å². The number of aromatic nitrogens is 2. The van der Waals surface area contributed by atoms with Gasteiger partial charge in [-0.25, -0.2) is 4.98 Å². The number of pyridine rings is 2. The predicted molar refractivity (Wildman–Crippen MR) is 101 cm³/mol. The zero-order chi connectivity index (χ0) is 17.9. The van der Waals surface area contributed by atoms with Crippen LogP contribution in [0.2, 0.25) is 0 Å². The van der Waals surface area contributed by atoms with Gasteiger partial charge in [-0.2, -0.15) is 0 Å². The summed E-state index contributed by atoms with van der Waals surface area (Å²) < 4.78 is 0. The minimum Gasteiger partial charge on any atom is -0.396 e. The van der Waals surface area contributed by atoms with Gasteiger partial charge in [-0.3, -0.25) is 9.78 Å². The Morgan fingerprint density at radius 1 is 1.15 bits per heavy atom. The lowest BCUT2D eigenvalue weighted by atomic mass is 10.0. The van der Waals surface area contributed by atoms with Crippen LogP contribution in [0, 0.1) is 5.92 Å². The van der Waals surface area contributed by atoms with Gasteiger partial charge in [0.2, 0.25) is 0 Å². The maximum atomic E-state index is 12.9. The lowest BCUT2D eigenvalue weighted by molar-refractivity contribution is 0.0942. The van der Waals surface area contributed by atoms with Crippen LogP contribution in [0.1, 0.15) is 16.8 Å². The SMILES string of the molecule is O=C(N[C@@H]1C=C[C@H](CO)C1)c1cc(-c2ccncc2)nc2ccccc12. The van der Waals surface area contributed by atoms with E-state index in [1.54, 1.807) is 12.4 Å². The van der Waals surface area contributed by atoms with Crippen LogP contribution in [0.4, 0.5) is 0 Å². The second-order valence-electron chi connectivity index (χ2n) is 6.45. The fraction of sp³-hybridized carbons (Fsp3) is 0.190. The van der Waals surface area contributed by atoms with Crippen molar-refractivity contribution in [3.8, 4) is 11.3 Å². The lowest BCUT2D eigenvalue weighted by Crippen LogP contribution is -2.33. The van der Waals surface area contributed by atoms with Gasteiger partial charge in [-0.15, -0.1) is 0 Å². The van der Waals surface area contributed by atoms with Crippen LogP contribution in [0.5, 0.6) is 0 Å². The first kappa shape index (κ1) is 16.4. The van der Waals surface area contributed by atoms with E-state index in [-0.39, 0.29) is 24.5 Å². The van der Waals surface area contributed by atoms with Crippen LogP contribution < -0.4 is 5.32 Å². The summed E-state index contributed by atoms with van der Waals surface area (Å²) in [5, 5.41) is 13.1. The Morgan fingerprint density at radius 3 is 2.73 bits per heavy atom. The number of amides is 1. The van der Waals surface area contributed by atoms with Gasteiger partial charge in [0.05, 0.1) is 16.8 Å². The van der Waals surface area contributed by atoms with Gasteiger partial charge in [0.25, 0.3) is 5.91 Å². The molecule has 26 heavy (non-hydrogen) atoms. The van der Waals surface area contributed by atoms with Crippen LogP contribution >= 0.6 is 0 Å². The van der Waals surface area contributed by atoms with E-state index in [4.69, 9.17) is 4.98 Å². The van der Waals surface area contributed by atoms with Crippen molar-refractivity contribution in [2.75, 3.05) is 6.61 Å². The van der Waals surface area contributed by atoms with Gasteiger partial charge < -0.3 is 10.4 Å². The van der Waals surface area contributed by atoms with E-state index in [1.165, 1.54) is 0 Å². The molecule has 2 atom stereocenters. The van der Waals surface area contributed by atoms with Gasteiger partial charge >= 0.3 is 0 Å². The Morgan fingerprint density at radius 2 is 1.96 bits per heavy atom. The average molecular weight is 345 g/mol. The molecule has 4 rings (SSSR count). The van der Waals surface area contributed by atoms with Crippen molar-refractivity contribution in [2.45, 2.75) is 12.5 Å². The van der Waals surface area contributed by atoms with E-state index < -0.39 is 0 Å². The molecule has 2 aromatic heterocycles. The Hall–Kier alpha value is -3.05. The Labute approximate surface area is 151 Å². The molecular weight excluding hydrogens is 326 g/mol. The molecule has 0 bridgehead atoms. The third-order valence-corrected chi connectivity index (χ3v) is 4.66. The molecule has 0 unspecified atom stereocenters. The molecule has 0 saturated carbocycles. The van der Waals surface area contributed by atoms with Crippen LogP contribution in [0.15, 0.2) is 67.0 Å². The maximum absolute atomic E-state index is 12.9. The first-order valence-electron chi connectivity index (χ1n) is 8.65. The predicted octanol–water partition coefficient (Wildman–Crippen LogP) is 2.96. The molecule has 1 aliphatic rings. The number of nitrogens with zero attached hydrogens (tertiary/aromatic N) is 2. The molecule has 130 valence electrons. The highest BCUT2D eigenvalue weighted by molar-refractivity contribution is 6.07. The lowest BCUT2D eigenvalue weighted by Gasteiger charge is -2.15. The van der Waals surface area contributed by atoms with E-state index in [1.807, 2.05) is 54.6 Å². The van der Waals surface area contributed by atoms with Gasteiger partial charge in [-0.05, 0) is 30.7 Å². The van der Waals surface area contributed by atoms with Crippen molar-refractivity contribution < 1.29 is 9.90 Å². The maximum Gasteiger partial charge on any atom is 0.252 e. The molecule has 1 aromatic carbocycles. The number of carbonyl (C=O) groups is 1. The molecule has 5 heteroatoms. The van der Waals surface area contributed by atoms with Crippen molar-refractivity contribution in [3.63, 3.8) is 0 Å². The van der Waals surface area contributed by atoms with Crippen molar-refractivity contribution >= 4 is 16.8 Å². The Kier molecular flexibility index (Phi) is 4.46. The minimum absolute atomic E-state index is 0.0593. The van der Waals surface area contributed by atoms with Crippen molar-refractivity contribution in [2.24, 2.45) is 5.92 Å². The topological polar surface area (TPSA) is 75.1 Å². The number of hydrogen-bond acceptors (Lipinski definition) is 4. The zero-order valence-corrected chi connectivity index (χ0v) is 14.2. The van der Waals surface area contributed by atoms with Crippen LogP contribution in [-0.2, 0) is 0 Å². The Bertz CT molecular complexity index is 969. The number of aliphatic hydroxyl groups excluding tert-OH is 1. The molecule has 2 N–H and O–H groups in total. The van der Waals surface area contributed by atoms with Crippen LogP contribution in [0.3, 0.4) is 0 Å². The zero-order valence-electron chi connectivity index (χ0n) is 14.2. The number of benzene rings is 1. The van der Waals surface area contributed by atoms with Crippen molar-refractivity contribution in [1.29, 1.82) is 0 Å². The first-order valence-corrected chi connectivity index (χ1v) is 8.65. The summed E-state index contributed by atoms with van der Waals surface area (Å²) in [5.74, 6) is -0.0194. The molecule has 1 amide bonds. The monoisotopic (exact) mass is 345 g/mol. The number of aliphatic hydroxyl groups is 1. The average Bonchev–Trinajstić information content (AvgIpc) is 3.15. The number of rotatable bonds is 4. The summed E-state index contributed by atoms with van der Waals surface area (Å²) in [5.41, 5.74) is 3.04. The molecule has 0 radical (unpaired) electrons. The second-order valence-corrected chi connectivity index (χ2v) is 6.45. The molecule has 2 heterocycles. The number of fused-ring (bicyclic) bond motifs is 1. The smallest absolute Gasteiger partial charge is 0.252 e. The molecule has 0 spiro atoms. The van der Waals surface area contributed by atoms with E-state index in [9.17, 15) is 9.90 Å². The summed E-state index contributed by atoms with van der Waals surface area (Å²) in [6.45, 7) is 0.104. The third-order valence-electron chi connectivity index (χ3n) is 4.66. The van der Waals surface area contributed by atoms with Crippen molar-refractivity contribution in [1.82, 2.24) is 15.3 Å². The standard InChI is InChI=1S/C21H19N3O2/c25-13-14-5-6-16(11-14)23-21(26)18-12-20(15-7-9-22-10-8-15)24-19-4-2-1-3-17(18)19/h1-10,12,14,16,25H,11,13H2,(H,23,26)/t14-,16+/m0/s1. The van der Waals surface area contributed by atoms with Gasteiger partial charge in [0, 0.05) is 41.9 Å². The van der Waals surface area contributed by atoms with Crippen LogP contribution in [0.25, 0.3) is 22.2 Å².